The monoisotopic (exact) mass is 172 g/mol. The second kappa shape index (κ2) is 2.44. The van der Waals surface area contributed by atoms with E-state index in [0.717, 1.165) is 9.52 Å². The summed E-state index contributed by atoms with van der Waals surface area (Å²) in [6.45, 7) is 4.33. The largest absolute Gasteiger partial charge is 0.173 e. The van der Waals surface area contributed by atoms with Gasteiger partial charge in [-0.1, -0.05) is 35.8 Å². The molecule has 0 aromatic carbocycles. The van der Waals surface area contributed by atoms with Crippen LogP contribution in [0.3, 0.4) is 0 Å². The summed E-state index contributed by atoms with van der Waals surface area (Å²) in [5.74, 6) is 0. The first-order valence-electron chi connectivity index (χ1n) is 2.93. The van der Waals surface area contributed by atoms with E-state index in [1.165, 1.54) is 4.82 Å². The van der Waals surface area contributed by atoms with E-state index in [9.17, 15) is 0 Å². The molecule has 0 saturated heterocycles. The molecule has 0 nitrogen and oxygen atoms in total. The van der Waals surface area contributed by atoms with Gasteiger partial charge in [-0.05, 0) is 0 Å². The summed E-state index contributed by atoms with van der Waals surface area (Å²) in [7, 11) is -0.579. The standard InChI is InChI=1S/C6H9ClSi2/c1-9(2,7)6-4-3-5-8-6/h3-5H,1-2H3. The average Bonchev–Trinajstić information content (AvgIpc) is 2.08. The SMILES string of the molecule is C[Si](C)(Cl)C1=CC=C[Si]1. The minimum atomic E-state index is -1.44. The minimum absolute atomic E-state index is 0.861. The van der Waals surface area contributed by atoms with Gasteiger partial charge in [0, 0.05) is 0 Å². The zero-order valence-corrected chi connectivity index (χ0v) is 8.37. The molecule has 0 amide bonds. The molecule has 0 bridgehead atoms. The molecule has 0 spiro atoms. The third kappa shape index (κ3) is 1.81. The molecule has 48 valence electrons. The van der Waals surface area contributed by atoms with Crippen LogP contribution in [0, 0.1) is 0 Å². The predicted octanol–water partition coefficient (Wildman–Crippen LogP) is 2.08. The third-order valence-electron chi connectivity index (χ3n) is 1.24. The van der Waals surface area contributed by atoms with Crippen molar-refractivity contribution in [1.29, 1.82) is 0 Å². The molecule has 1 heterocycles. The Morgan fingerprint density at radius 2 is 2.22 bits per heavy atom. The van der Waals surface area contributed by atoms with Crippen molar-refractivity contribution in [3.63, 3.8) is 0 Å². The molecule has 3 heteroatoms. The van der Waals surface area contributed by atoms with Gasteiger partial charge in [-0.25, -0.2) is 0 Å². The molecule has 9 heavy (non-hydrogen) atoms. The van der Waals surface area contributed by atoms with Gasteiger partial charge in [-0.2, -0.15) is 11.1 Å². The first kappa shape index (κ1) is 7.31. The third-order valence-corrected chi connectivity index (χ3v) is 6.92. The van der Waals surface area contributed by atoms with Gasteiger partial charge in [-0.15, -0.1) is 0 Å². The Kier molecular flexibility index (Phi) is 1.98. The smallest absolute Gasteiger partial charge is 0.162 e. The van der Waals surface area contributed by atoms with Crippen molar-refractivity contribution in [2.24, 2.45) is 0 Å². The first-order valence-corrected chi connectivity index (χ1v) is 8.02. The van der Waals surface area contributed by atoms with Crippen LogP contribution in [0.15, 0.2) is 22.7 Å². The Labute approximate surface area is 64.1 Å². The van der Waals surface area contributed by atoms with Crippen LogP contribution < -0.4 is 0 Å². The van der Waals surface area contributed by atoms with Gasteiger partial charge in [0.2, 0.25) is 0 Å². The maximum atomic E-state index is 6.18. The van der Waals surface area contributed by atoms with Gasteiger partial charge >= 0.3 is 0 Å². The van der Waals surface area contributed by atoms with Crippen LogP contribution in [0.5, 0.6) is 0 Å². The molecule has 0 aliphatic carbocycles. The summed E-state index contributed by atoms with van der Waals surface area (Å²) >= 11 is 6.18. The van der Waals surface area contributed by atoms with E-state index < -0.39 is 7.38 Å². The normalized spacial score (nSPS) is 18.3. The summed E-state index contributed by atoms with van der Waals surface area (Å²) in [6, 6.07) is 0. The highest BCUT2D eigenvalue weighted by Gasteiger charge is 2.23. The summed E-state index contributed by atoms with van der Waals surface area (Å²) in [5, 5.41) is 0. The summed E-state index contributed by atoms with van der Waals surface area (Å²) in [6.07, 6.45) is 4.27. The van der Waals surface area contributed by atoms with Gasteiger partial charge in [0.15, 0.2) is 7.38 Å². The number of hydrogen-bond donors (Lipinski definition) is 0. The van der Waals surface area contributed by atoms with E-state index in [1.807, 2.05) is 0 Å². The Balaban J connectivity index is 2.66. The maximum Gasteiger partial charge on any atom is 0.173 e. The van der Waals surface area contributed by atoms with Crippen molar-refractivity contribution < 1.29 is 0 Å². The fourth-order valence-corrected chi connectivity index (χ4v) is 4.06. The van der Waals surface area contributed by atoms with Gasteiger partial charge in [0.05, 0.1) is 0 Å². The van der Waals surface area contributed by atoms with Crippen molar-refractivity contribution in [2.75, 3.05) is 0 Å². The van der Waals surface area contributed by atoms with Crippen LogP contribution >= 0.6 is 11.1 Å². The van der Waals surface area contributed by atoms with E-state index >= 15 is 0 Å². The van der Waals surface area contributed by atoms with Gasteiger partial charge in [-0.3, -0.25) is 0 Å². The van der Waals surface area contributed by atoms with E-state index in [0.29, 0.717) is 0 Å². The number of halogens is 1. The lowest BCUT2D eigenvalue weighted by Crippen LogP contribution is -2.22. The highest BCUT2D eigenvalue weighted by molar-refractivity contribution is 7.26. The topological polar surface area (TPSA) is 0 Å². The molecule has 0 N–H and O–H groups in total. The van der Waals surface area contributed by atoms with Crippen molar-refractivity contribution in [3.8, 4) is 0 Å². The fraction of sp³-hybridized carbons (Fsp3) is 0.333. The first-order chi connectivity index (χ1) is 4.11. The van der Waals surface area contributed by atoms with E-state index in [2.05, 4.69) is 30.9 Å². The number of hydrogen-bond acceptors (Lipinski definition) is 0. The average molecular weight is 173 g/mol. The molecule has 0 saturated carbocycles. The Hall–Kier alpha value is 0.204. The Bertz CT molecular complexity index is 164. The van der Waals surface area contributed by atoms with E-state index in [4.69, 9.17) is 11.1 Å². The quantitative estimate of drug-likeness (QED) is 0.420. The van der Waals surface area contributed by atoms with Crippen molar-refractivity contribution in [3.05, 3.63) is 22.7 Å². The van der Waals surface area contributed by atoms with Crippen molar-refractivity contribution in [1.82, 2.24) is 0 Å². The Morgan fingerprint density at radius 1 is 1.56 bits per heavy atom. The zero-order chi connectivity index (χ0) is 6.91. The van der Waals surface area contributed by atoms with Crippen LogP contribution in [-0.4, -0.2) is 16.9 Å². The summed E-state index contributed by atoms with van der Waals surface area (Å²) < 4.78 is 0. The van der Waals surface area contributed by atoms with Crippen LogP contribution in [0.2, 0.25) is 13.1 Å². The summed E-state index contributed by atoms with van der Waals surface area (Å²) in [5.41, 5.74) is 2.19. The highest BCUT2D eigenvalue weighted by atomic mass is 35.6. The van der Waals surface area contributed by atoms with Crippen LogP contribution in [0.1, 0.15) is 0 Å². The lowest BCUT2D eigenvalue weighted by Gasteiger charge is -2.12. The lowest BCUT2D eigenvalue weighted by molar-refractivity contribution is 1.89. The summed E-state index contributed by atoms with van der Waals surface area (Å²) in [4.78, 5) is 1.48. The van der Waals surface area contributed by atoms with Crippen LogP contribution in [0.4, 0.5) is 0 Å². The molecule has 1 rings (SSSR count). The van der Waals surface area contributed by atoms with Crippen molar-refractivity contribution >= 4 is 28.0 Å². The molecule has 0 aromatic heterocycles. The minimum Gasteiger partial charge on any atom is -0.162 e. The second-order valence-corrected chi connectivity index (χ2v) is 10.5. The highest BCUT2D eigenvalue weighted by Crippen LogP contribution is 2.20. The molecule has 1 aliphatic rings. The van der Waals surface area contributed by atoms with Gasteiger partial charge < -0.3 is 0 Å². The Morgan fingerprint density at radius 3 is 2.44 bits per heavy atom. The predicted molar refractivity (Wildman–Crippen MR) is 46.3 cm³/mol. The molecule has 2 radical (unpaired) electrons. The molecule has 0 atom stereocenters. The van der Waals surface area contributed by atoms with Crippen LogP contribution in [0.25, 0.3) is 0 Å². The molecular weight excluding hydrogens is 164 g/mol. The molecule has 0 fully saturated rings. The number of allylic oxidation sites excluding steroid dienone is 2. The van der Waals surface area contributed by atoms with E-state index in [-0.39, 0.29) is 0 Å². The van der Waals surface area contributed by atoms with Crippen LogP contribution in [-0.2, 0) is 0 Å². The maximum absolute atomic E-state index is 6.18. The van der Waals surface area contributed by atoms with E-state index in [1.54, 1.807) is 0 Å². The molecule has 0 aromatic rings. The zero-order valence-electron chi connectivity index (χ0n) is 5.61. The second-order valence-electron chi connectivity index (χ2n) is 2.56. The fourth-order valence-electron chi connectivity index (χ4n) is 0.700. The van der Waals surface area contributed by atoms with Gasteiger partial charge in [0.1, 0.15) is 9.52 Å². The lowest BCUT2D eigenvalue weighted by atomic mass is 10.6. The molecular formula is C6H9ClSi2. The van der Waals surface area contributed by atoms with Gasteiger partial charge in [0.25, 0.3) is 0 Å². The molecule has 0 unspecified atom stereocenters. The number of rotatable bonds is 1. The van der Waals surface area contributed by atoms with Crippen molar-refractivity contribution in [2.45, 2.75) is 13.1 Å². The molecule has 1 aliphatic heterocycles.